The predicted molar refractivity (Wildman–Crippen MR) is 105 cm³/mol. The van der Waals surface area contributed by atoms with Crippen LogP contribution in [0, 0.1) is 6.92 Å². The molecule has 144 valence electrons. The first-order chi connectivity index (χ1) is 13.2. The van der Waals surface area contributed by atoms with Gasteiger partial charge in [0.1, 0.15) is 12.4 Å². The molecular weight excluding hydrogens is 340 g/mol. The average molecular weight is 368 g/mol. The molecule has 1 amide bonds. The third-order valence-corrected chi connectivity index (χ3v) is 5.59. The molecule has 2 aromatic rings. The number of amides is 1. The zero-order valence-corrected chi connectivity index (χ0v) is 16.0. The van der Waals surface area contributed by atoms with Crippen LogP contribution >= 0.6 is 0 Å². The summed E-state index contributed by atoms with van der Waals surface area (Å²) in [5, 5.41) is 8.07. The number of nitrogens with one attached hydrogen (secondary N) is 1. The number of carbonyl (C=O) groups is 1. The van der Waals surface area contributed by atoms with Crippen LogP contribution in [0.1, 0.15) is 30.0 Å². The van der Waals surface area contributed by atoms with E-state index in [0.717, 1.165) is 50.8 Å². The molecule has 0 bridgehead atoms. The third kappa shape index (κ3) is 4.13. The Morgan fingerprint density at radius 2 is 2.11 bits per heavy atom. The first kappa shape index (κ1) is 18.0. The third-order valence-electron chi connectivity index (χ3n) is 5.59. The smallest absolute Gasteiger partial charge is 0.244 e. The summed E-state index contributed by atoms with van der Waals surface area (Å²) in [6, 6.07) is 6.10. The van der Waals surface area contributed by atoms with Crippen LogP contribution in [0.5, 0.6) is 0 Å². The van der Waals surface area contributed by atoms with Gasteiger partial charge in [0.15, 0.2) is 0 Å². The second kappa shape index (κ2) is 8.08. The summed E-state index contributed by atoms with van der Waals surface area (Å²) in [7, 11) is 0. The number of aromatic nitrogens is 3. The summed E-state index contributed by atoms with van der Waals surface area (Å²) in [5.41, 5.74) is 2.28. The van der Waals surface area contributed by atoms with Gasteiger partial charge in [-0.05, 0) is 44.0 Å². The maximum absolute atomic E-state index is 12.7. The van der Waals surface area contributed by atoms with Gasteiger partial charge in [-0.25, -0.2) is 4.98 Å². The molecule has 0 aromatic carbocycles. The van der Waals surface area contributed by atoms with Gasteiger partial charge in [0.25, 0.3) is 0 Å². The Balaban J connectivity index is 1.31. The molecule has 0 aliphatic carbocycles. The molecule has 7 nitrogen and oxygen atoms in total. The van der Waals surface area contributed by atoms with Crippen LogP contribution in [-0.2, 0) is 11.3 Å². The maximum atomic E-state index is 12.7. The van der Waals surface area contributed by atoms with Gasteiger partial charge in [-0.2, -0.15) is 5.10 Å². The summed E-state index contributed by atoms with van der Waals surface area (Å²) in [6.07, 6.45) is 6.13. The van der Waals surface area contributed by atoms with Gasteiger partial charge in [0, 0.05) is 51.0 Å². The summed E-state index contributed by atoms with van der Waals surface area (Å²) < 4.78 is 1.79. The van der Waals surface area contributed by atoms with Gasteiger partial charge in [-0.1, -0.05) is 6.07 Å². The lowest BCUT2D eigenvalue weighted by atomic mass is 9.97. The number of nitrogens with zero attached hydrogens (tertiary/aromatic N) is 5. The van der Waals surface area contributed by atoms with Gasteiger partial charge < -0.3 is 15.1 Å². The largest absolute Gasteiger partial charge is 0.353 e. The molecule has 4 rings (SSSR count). The van der Waals surface area contributed by atoms with Gasteiger partial charge in [0.2, 0.25) is 5.91 Å². The van der Waals surface area contributed by atoms with E-state index < -0.39 is 0 Å². The summed E-state index contributed by atoms with van der Waals surface area (Å²) in [6.45, 7) is 7.59. The van der Waals surface area contributed by atoms with Crippen LogP contribution in [0.4, 0.5) is 5.82 Å². The van der Waals surface area contributed by atoms with Crippen molar-refractivity contribution in [2.45, 2.75) is 32.2 Å². The molecule has 4 heterocycles. The minimum atomic E-state index is 0.142. The van der Waals surface area contributed by atoms with Crippen molar-refractivity contribution in [3.05, 3.63) is 41.9 Å². The molecular formula is C20H28N6O. The van der Waals surface area contributed by atoms with Crippen LogP contribution in [0.15, 0.2) is 30.6 Å². The molecule has 2 fully saturated rings. The topological polar surface area (TPSA) is 66.3 Å². The van der Waals surface area contributed by atoms with Crippen molar-refractivity contribution in [3.63, 3.8) is 0 Å². The molecule has 1 atom stereocenters. The number of hydrogen-bond acceptors (Lipinski definition) is 5. The number of anilines is 1. The normalized spacial score (nSPS) is 20.7. The lowest BCUT2D eigenvalue weighted by molar-refractivity contribution is -0.132. The standard InChI is InChI=1S/C20H28N6O/c1-16-4-2-8-22-20(16)25-12-10-24(11-13-25)19(27)15-26-9-6-18(23-26)17-5-3-7-21-14-17/h2,4,6,8-9,17,21H,3,5,7,10-15H2,1H3/t17-/m0/s1. The van der Waals surface area contributed by atoms with E-state index in [1.54, 1.807) is 4.68 Å². The Morgan fingerprint density at radius 3 is 2.85 bits per heavy atom. The van der Waals surface area contributed by atoms with Crippen molar-refractivity contribution < 1.29 is 4.79 Å². The fourth-order valence-corrected chi connectivity index (χ4v) is 4.00. The summed E-state index contributed by atoms with van der Waals surface area (Å²) in [5.74, 6) is 1.64. The molecule has 2 aromatic heterocycles. The minimum Gasteiger partial charge on any atom is -0.353 e. The highest BCUT2D eigenvalue weighted by molar-refractivity contribution is 5.76. The predicted octanol–water partition coefficient (Wildman–Crippen LogP) is 1.40. The molecule has 27 heavy (non-hydrogen) atoms. The van der Waals surface area contributed by atoms with E-state index in [4.69, 9.17) is 0 Å². The zero-order valence-electron chi connectivity index (χ0n) is 16.0. The number of hydrogen-bond donors (Lipinski definition) is 1. The fraction of sp³-hybridized carbons (Fsp3) is 0.550. The monoisotopic (exact) mass is 368 g/mol. The van der Waals surface area contributed by atoms with E-state index in [2.05, 4.69) is 39.4 Å². The van der Waals surface area contributed by atoms with Gasteiger partial charge in [-0.3, -0.25) is 9.48 Å². The maximum Gasteiger partial charge on any atom is 0.244 e. The Hall–Kier alpha value is -2.41. The van der Waals surface area contributed by atoms with Crippen molar-refractivity contribution in [2.24, 2.45) is 0 Å². The number of carbonyl (C=O) groups excluding carboxylic acids is 1. The Bertz CT molecular complexity index is 774. The number of piperazine rings is 1. The van der Waals surface area contributed by atoms with Crippen molar-refractivity contribution in [1.82, 2.24) is 25.0 Å². The Morgan fingerprint density at radius 1 is 1.26 bits per heavy atom. The molecule has 0 spiro atoms. The van der Waals surface area contributed by atoms with E-state index in [0.29, 0.717) is 12.5 Å². The lowest BCUT2D eigenvalue weighted by Crippen LogP contribution is -2.50. The van der Waals surface area contributed by atoms with Crippen LogP contribution in [-0.4, -0.2) is 64.8 Å². The molecule has 0 saturated carbocycles. The lowest BCUT2D eigenvalue weighted by Gasteiger charge is -2.36. The van der Waals surface area contributed by atoms with E-state index in [-0.39, 0.29) is 5.91 Å². The van der Waals surface area contributed by atoms with Gasteiger partial charge in [0.05, 0.1) is 5.69 Å². The van der Waals surface area contributed by atoms with Gasteiger partial charge in [-0.15, -0.1) is 0 Å². The van der Waals surface area contributed by atoms with Crippen LogP contribution in [0.3, 0.4) is 0 Å². The zero-order chi connectivity index (χ0) is 18.6. The van der Waals surface area contributed by atoms with E-state index >= 15 is 0 Å². The summed E-state index contributed by atoms with van der Waals surface area (Å²) >= 11 is 0. The number of pyridine rings is 1. The Labute approximate surface area is 160 Å². The molecule has 2 aliphatic rings. The molecule has 7 heteroatoms. The molecule has 2 saturated heterocycles. The SMILES string of the molecule is Cc1cccnc1N1CCN(C(=O)Cn2ccc([C@H]3CCCNC3)n2)CC1. The van der Waals surface area contributed by atoms with Crippen molar-refractivity contribution in [3.8, 4) is 0 Å². The number of piperidine rings is 1. The average Bonchev–Trinajstić information content (AvgIpc) is 3.18. The molecule has 0 unspecified atom stereocenters. The minimum absolute atomic E-state index is 0.142. The number of rotatable bonds is 4. The molecule has 2 aliphatic heterocycles. The Kier molecular flexibility index (Phi) is 5.38. The highest BCUT2D eigenvalue weighted by Gasteiger charge is 2.23. The van der Waals surface area contributed by atoms with Crippen molar-refractivity contribution in [1.29, 1.82) is 0 Å². The molecule has 1 N–H and O–H groups in total. The van der Waals surface area contributed by atoms with E-state index in [9.17, 15) is 4.79 Å². The second-order valence-corrected chi connectivity index (χ2v) is 7.49. The van der Waals surface area contributed by atoms with Gasteiger partial charge >= 0.3 is 0 Å². The first-order valence-electron chi connectivity index (χ1n) is 9.89. The van der Waals surface area contributed by atoms with E-state index in [1.165, 1.54) is 18.4 Å². The highest BCUT2D eigenvalue weighted by atomic mass is 16.2. The highest BCUT2D eigenvalue weighted by Crippen LogP contribution is 2.21. The fourth-order valence-electron chi connectivity index (χ4n) is 4.00. The van der Waals surface area contributed by atoms with Crippen LogP contribution in [0.25, 0.3) is 0 Å². The summed E-state index contributed by atoms with van der Waals surface area (Å²) in [4.78, 5) is 21.4. The van der Waals surface area contributed by atoms with Crippen LogP contribution < -0.4 is 10.2 Å². The van der Waals surface area contributed by atoms with Crippen LogP contribution in [0.2, 0.25) is 0 Å². The van der Waals surface area contributed by atoms with E-state index in [1.807, 2.05) is 23.4 Å². The second-order valence-electron chi connectivity index (χ2n) is 7.49. The molecule has 0 radical (unpaired) electrons. The first-order valence-corrected chi connectivity index (χ1v) is 9.89. The van der Waals surface area contributed by atoms with Crippen molar-refractivity contribution >= 4 is 11.7 Å². The van der Waals surface area contributed by atoms with Crippen molar-refractivity contribution in [2.75, 3.05) is 44.2 Å². The number of aryl methyl sites for hydroxylation is 1. The quantitative estimate of drug-likeness (QED) is 0.884.